The molecule has 1 rings (SSSR count). The van der Waals surface area contributed by atoms with Crippen molar-refractivity contribution in [3.63, 3.8) is 0 Å². The van der Waals surface area contributed by atoms with Gasteiger partial charge in [-0.05, 0) is 22.9 Å². The maximum absolute atomic E-state index is 10.9. The summed E-state index contributed by atoms with van der Waals surface area (Å²) in [6.07, 6.45) is 1.56. The van der Waals surface area contributed by atoms with E-state index in [2.05, 4.69) is 31.4 Å². The van der Waals surface area contributed by atoms with Gasteiger partial charge in [-0.15, -0.1) is 0 Å². The highest BCUT2D eigenvalue weighted by atomic mass is 79.9. The molecule has 11 heavy (non-hydrogen) atoms. The van der Waals surface area contributed by atoms with Crippen LogP contribution in [0.4, 0.5) is 5.69 Å². The molecule has 0 saturated carbocycles. The average Bonchev–Trinajstić information content (AvgIpc) is 1.99. The Morgan fingerprint density at radius 2 is 2.55 bits per heavy atom. The zero-order chi connectivity index (χ0) is 8.27. The number of halogens is 1. The van der Waals surface area contributed by atoms with Crippen LogP contribution in [-0.2, 0) is 0 Å². The summed E-state index contributed by atoms with van der Waals surface area (Å²) in [6.45, 7) is 2.72. The fourth-order valence-electron chi connectivity index (χ4n) is 0.697. The Hall–Kier alpha value is -0.840. The topological polar surface area (TPSA) is 57.8 Å². The van der Waals surface area contributed by atoms with Crippen molar-refractivity contribution in [3.05, 3.63) is 21.0 Å². The fraction of sp³-hybridized carbons (Fsp3) is 0.333. The van der Waals surface area contributed by atoms with Crippen LogP contribution in [0.2, 0.25) is 0 Å². The first-order chi connectivity index (χ1) is 5.25. The number of aromatic nitrogens is 2. The van der Waals surface area contributed by atoms with Crippen LogP contribution in [0.1, 0.15) is 6.92 Å². The molecule has 1 aromatic rings. The molecule has 0 fully saturated rings. The third-order valence-corrected chi connectivity index (χ3v) is 1.95. The van der Waals surface area contributed by atoms with Gasteiger partial charge in [0, 0.05) is 6.54 Å². The van der Waals surface area contributed by atoms with Gasteiger partial charge in [0.25, 0.3) is 5.56 Å². The minimum atomic E-state index is -0.219. The van der Waals surface area contributed by atoms with Crippen LogP contribution >= 0.6 is 15.9 Å². The van der Waals surface area contributed by atoms with Crippen LogP contribution < -0.4 is 10.9 Å². The van der Waals surface area contributed by atoms with Gasteiger partial charge in [-0.2, -0.15) is 5.10 Å². The number of H-pyrrole nitrogens is 1. The van der Waals surface area contributed by atoms with Gasteiger partial charge in [0.05, 0.1) is 11.9 Å². The Labute approximate surface area is 72.1 Å². The van der Waals surface area contributed by atoms with E-state index in [9.17, 15) is 4.79 Å². The summed E-state index contributed by atoms with van der Waals surface area (Å²) in [4.78, 5) is 10.9. The van der Waals surface area contributed by atoms with E-state index in [4.69, 9.17) is 0 Å². The van der Waals surface area contributed by atoms with Crippen LogP contribution in [0.5, 0.6) is 0 Å². The van der Waals surface area contributed by atoms with E-state index in [1.165, 1.54) is 0 Å². The standard InChI is InChI=1S/C6H8BrN3O/c1-2-8-4-3-9-10-6(11)5(4)7/h3H,2H2,1H3,(H2,8,10,11). The van der Waals surface area contributed by atoms with Crippen molar-refractivity contribution in [3.8, 4) is 0 Å². The zero-order valence-corrected chi connectivity index (χ0v) is 7.60. The average molecular weight is 218 g/mol. The van der Waals surface area contributed by atoms with E-state index in [1.54, 1.807) is 6.20 Å². The Balaban J connectivity index is 3.06. The zero-order valence-electron chi connectivity index (χ0n) is 6.02. The first-order valence-electron chi connectivity index (χ1n) is 3.22. The molecule has 0 atom stereocenters. The number of hydrogen-bond donors (Lipinski definition) is 2. The van der Waals surface area contributed by atoms with Crippen molar-refractivity contribution < 1.29 is 0 Å². The molecule has 0 aliphatic rings. The van der Waals surface area contributed by atoms with E-state index < -0.39 is 0 Å². The largest absolute Gasteiger partial charge is 0.383 e. The van der Waals surface area contributed by atoms with Gasteiger partial charge in [-0.1, -0.05) is 0 Å². The first-order valence-corrected chi connectivity index (χ1v) is 4.02. The number of aromatic amines is 1. The minimum absolute atomic E-state index is 0.219. The Bertz CT molecular complexity index is 296. The van der Waals surface area contributed by atoms with E-state index in [0.29, 0.717) is 4.47 Å². The quantitative estimate of drug-likeness (QED) is 0.777. The third kappa shape index (κ3) is 1.80. The second-order valence-electron chi connectivity index (χ2n) is 1.96. The lowest BCUT2D eigenvalue weighted by molar-refractivity contribution is 0.974. The van der Waals surface area contributed by atoms with Crippen LogP contribution in [-0.4, -0.2) is 16.7 Å². The van der Waals surface area contributed by atoms with Crippen molar-refractivity contribution >= 4 is 21.6 Å². The molecule has 0 spiro atoms. The highest BCUT2D eigenvalue weighted by Crippen LogP contribution is 2.14. The van der Waals surface area contributed by atoms with Crippen LogP contribution in [0, 0.1) is 0 Å². The summed E-state index contributed by atoms with van der Waals surface area (Å²) in [6, 6.07) is 0. The highest BCUT2D eigenvalue weighted by molar-refractivity contribution is 9.10. The van der Waals surface area contributed by atoms with E-state index in [1.807, 2.05) is 6.92 Å². The van der Waals surface area contributed by atoms with Gasteiger partial charge >= 0.3 is 0 Å². The van der Waals surface area contributed by atoms with Gasteiger partial charge in [0.15, 0.2) is 0 Å². The summed E-state index contributed by atoms with van der Waals surface area (Å²) in [5.41, 5.74) is 0.500. The molecule has 0 radical (unpaired) electrons. The molecule has 0 unspecified atom stereocenters. The number of rotatable bonds is 2. The lowest BCUT2D eigenvalue weighted by atomic mass is 10.4. The molecular weight excluding hydrogens is 210 g/mol. The smallest absolute Gasteiger partial charge is 0.280 e. The fourth-order valence-corrected chi connectivity index (χ4v) is 1.03. The van der Waals surface area contributed by atoms with Crippen LogP contribution in [0.15, 0.2) is 15.5 Å². The second kappa shape index (κ2) is 3.52. The van der Waals surface area contributed by atoms with Gasteiger partial charge in [0.1, 0.15) is 4.47 Å². The summed E-state index contributed by atoms with van der Waals surface area (Å²) < 4.78 is 0.495. The maximum Gasteiger partial charge on any atom is 0.280 e. The maximum atomic E-state index is 10.9. The predicted molar refractivity (Wildman–Crippen MR) is 46.7 cm³/mol. The lowest BCUT2D eigenvalue weighted by Gasteiger charge is -2.01. The van der Waals surface area contributed by atoms with E-state index in [-0.39, 0.29) is 5.56 Å². The first kappa shape index (κ1) is 8.26. The van der Waals surface area contributed by atoms with Crippen LogP contribution in [0.3, 0.4) is 0 Å². The molecule has 0 aromatic carbocycles. The molecule has 1 aromatic heterocycles. The molecule has 0 aliphatic heterocycles. The molecule has 0 amide bonds. The van der Waals surface area contributed by atoms with Gasteiger partial charge < -0.3 is 5.32 Å². The Kier molecular flexibility index (Phi) is 2.64. The molecule has 2 N–H and O–H groups in total. The molecule has 1 heterocycles. The number of anilines is 1. The molecule has 0 bridgehead atoms. The summed E-state index contributed by atoms with van der Waals surface area (Å²) >= 11 is 3.13. The van der Waals surface area contributed by atoms with E-state index in [0.717, 1.165) is 12.2 Å². The summed E-state index contributed by atoms with van der Waals surface area (Å²) in [5, 5.41) is 8.93. The number of nitrogens with one attached hydrogen (secondary N) is 2. The van der Waals surface area contributed by atoms with Gasteiger partial charge in [-0.25, -0.2) is 5.10 Å². The molecule has 4 nitrogen and oxygen atoms in total. The van der Waals surface area contributed by atoms with Crippen molar-refractivity contribution in [1.82, 2.24) is 10.2 Å². The third-order valence-electron chi connectivity index (χ3n) is 1.16. The molecule has 5 heteroatoms. The summed E-state index contributed by atoms with van der Waals surface area (Å²) in [5.74, 6) is 0. The van der Waals surface area contributed by atoms with Gasteiger partial charge in [0.2, 0.25) is 0 Å². The molecule has 0 aliphatic carbocycles. The van der Waals surface area contributed by atoms with E-state index >= 15 is 0 Å². The minimum Gasteiger partial charge on any atom is -0.383 e. The van der Waals surface area contributed by atoms with Crippen molar-refractivity contribution in [1.29, 1.82) is 0 Å². The van der Waals surface area contributed by atoms with Crippen LogP contribution in [0.25, 0.3) is 0 Å². The highest BCUT2D eigenvalue weighted by Gasteiger charge is 2.00. The SMILES string of the molecule is CCNc1cn[nH]c(=O)c1Br. The monoisotopic (exact) mass is 217 g/mol. The predicted octanol–water partition coefficient (Wildman–Crippen LogP) is 0.964. The Morgan fingerprint density at radius 1 is 1.82 bits per heavy atom. The normalized spacial score (nSPS) is 9.64. The number of hydrogen-bond acceptors (Lipinski definition) is 3. The second-order valence-corrected chi connectivity index (χ2v) is 2.75. The van der Waals surface area contributed by atoms with Crippen molar-refractivity contribution in [2.45, 2.75) is 6.92 Å². The molecule has 60 valence electrons. The Morgan fingerprint density at radius 3 is 3.18 bits per heavy atom. The molecule has 0 saturated heterocycles. The van der Waals surface area contributed by atoms with Crippen molar-refractivity contribution in [2.24, 2.45) is 0 Å². The van der Waals surface area contributed by atoms with Crippen molar-refractivity contribution in [2.75, 3.05) is 11.9 Å². The summed E-state index contributed by atoms with van der Waals surface area (Å²) in [7, 11) is 0. The lowest BCUT2D eigenvalue weighted by Crippen LogP contribution is -2.11. The number of nitrogens with zero attached hydrogens (tertiary/aromatic N) is 1. The van der Waals surface area contributed by atoms with Gasteiger partial charge in [-0.3, -0.25) is 4.79 Å². The molecular formula is C6H8BrN3O.